The summed E-state index contributed by atoms with van der Waals surface area (Å²) < 4.78 is 4.90. The largest absolute Gasteiger partial charge is 0.309 e. The zero-order chi connectivity index (χ0) is 46.6. The lowest BCUT2D eigenvalue weighted by molar-refractivity contribution is 0.660. The van der Waals surface area contributed by atoms with Gasteiger partial charge in [0.25, 0.3) is 0 Å². The second-order valence-corrected chi connectivity index (χ2v) is 20.6. The molecule has 0 saturated carbocycles. The molecule has 3 heterocycles. The molecule has 0 N–H and O–H groups in total. The molecule has 0 spiro atoms. The van der Waals surface area contributed by atoms with Gasteiger partial charge in [0.15, 0.2) is 5.82 Å². The van der Waals surface area contributed by atoms with Gasteiger partial charge >= 0.3 is 0 Å². The fourth-order valence-corrected chi connectivity index (χ4v) is 12.7. The summed E-state index contributed by atoms with van der Waals surface area (Å²) in [5.74, 6) is 0.730. The van der Waals surface area contributed by atoms with Crippen molar-refractivity contribution in [3.05, 3.63) is 229 Å². The first-order valence-electron chi connectivity index (χ1n) is 24.5. The quantitative estimate of drug-likeness (QED) is 0.176. The average molecular weight is 895 g/mol. The van der Waals surface area contributed by atoms with Gasteiger partial charge in [0.05, 0.1) is 33.3 Å². The van der Waals surface area contributed by atoms with Gasteiger partial charge in [0.2, 0.25) is 0 Å². The molecule has 2 aliphatic rings. The number of benzene rings is 10. The molecule has 0 unspecified atom stereocenters. The van der Waals surface area contributed by atoms with Gasteiger partial charge in [0.1, 0.15) is 0 Å². The zero-order valence-electron chi connectivity index (χ0n) is 39.4. The lowest BCUT2D eigenvalue weighted by Crippen LogP contribution is -2.15. The molecule has 0 fully saturated rings. The van der Waals surface area contributed by atoms with Crippen LogP contribution >= 0.6 is 0 Å². The molecule has 3 aromatic heterocycles. The van der Waals surface area contributed by atoms with Crippen LogP contribution in [0.25, 0.3) is 122 Å². The molecule has 0 radical (unpaired) electrons. The van der Waals surface area contributed by atoms with E-state index in [1.807, 2.05) is 0 Å². The van der Waals surface area contributed by atoms with E-state index in [4.69, 9.17) is 9.97 Å². The molecule has 10 aromatic carbocycles. The molecule has 0 amide bonds. The second kappa shape index (κ2) is 14.0. The highest BCUT2D eigenvalue weighted by atomic mass is 15.0. The third-order valence-electron chi connectivity index (χ3n) is 16.1. The summed E-state index contributed by atoms with van der Waals surface area (Å²) in [5.41, 5.74) is 21.1. The van der Waals surface area contributed by atoms with E-state index in [1.54, 1.807) is 0 Å². The van der Waals surface area contributed by atoms with E-state index < -0.39 is 0 Å². The Hall–Kier alpha value is -8.60. The molecule has 0 bridgehead atoms. The summed E-state index contributed by atoms with van der Waals surface area (Å²) in [6, 6.07) is 76.2. The maximum absolute atomic E-state index is 5.64. The predicted molar refractivity (Wildman–Crippen MR) is 292 cm³/mol. The highest BCUT2D eigenvalue weighted by Crippen LogP contribution is 2.52. The molecule has 13 aromatic rings. The number of fused-ring (bicyclic) bond motifs is 15. The smallest absolute Gasteiger partial charge is 0.160 e. The lowest BCUT2D eigenvalue weighted by atomic mass is 9.81. The van der Waals surface area contributed by atoms with Gasteiger partial charge in [-0.2, -0.15) is 0 Å². The molecule has 0 aliphatic heterocycles. The van der Waals surface area contributed by atoms with E-state index >= 15 is 0 Å². The minimum Gasteiger partial charge on any atom is -0.309 e. The molecular formula is C66H46N4. The van der Waals surface area contributed by atoms with Crippen molar-refractivity contribution in [2.45, 2.75) is 38.5 Å². The van der Waals surface area contributed by atoms with Gasteiger partial charge in [-0.25, -0.2) is 9.97 Å². The van der Waals surface area contributed by atoms with Gasteiger partial charge in [-0.1, -0.05) is 167 Å². The summed E-state index contributed by atoms with van der Waals surface area (Å²) in [7, 11) is 0. The number of hydrogen-bond acceptors (Lipinski definition) is 2. The zero-order valence-corrected chi connectivity index (χ0v) is 39.4. The Morgan fingerprint density at radius 3 is 1.70 bits per heavy atom. The standard InChI is InChI=1S/C66H46N4/c1-65(2)53-23-13-10-20-45(53)47-30-26-40(34-55(47)65)63-51-36-43(29-32-57(51)67-64(68-63)41-27-31-48-46-21-11-14-24-54(46)66(3,4)56(48)35-41)70-58-25-15-12-22-49(58)50-37-52-61(38-60(50)70)69(42-17-6-5-7-18-42)59-33-28-39-16-8-9-19-44(39)62(52)59/h5-38H,1-4H3. The number of para-hydroxylation sites is 2. The lowest BCUT2D eigenvalue weighted by Gasteiger charge is -2.22. The maximum Gasteiger partial charge on any atom is 0.160 e. The first kappa shape index (κ1) is 39.4. The fourth-order valence-electron chi connectivity index (χ4n) is 12.7. The van der Waals surface area contributed by atoms with Crippen LogP contribution in [0.15, 0.2) is 206 Å². The highest BCUT2D eigenvalue weighted by Gasteiger charge is 2.37. The van der Waals surface area contributed by atoms with E-state index in [9.17, 15) is 0 Å². The third-order valence-corrected chi connectivity index (χ3v) is 16.1. The van der Waals surface area contributed by atoms with Crippen molar-refractivity contribution >= 4 is 65.3 Å². The summed E-state index contributed by atoms with van der Waals surface area (Å²) in [6.45, 7) is 9.38. The highest BCUT2D eigenvalue weighted by molar-refractivity contribution is 6.25. The van der Waals surface area contributed by atoms with Crippen LogP contribution in [0.2, 0.25) is 0 Å². The summed E-state index contributed by atoms with van der Waals surface area (Å²) in [5, 5.41) is 8.47. The van der Waals surface area contributed by atoms with Crippen LogP contribution in [0.4, 0.5) is 0 Å². The molecule has 4 heteroatoms. The molecule has 330 valence electrons. The minimum absolute atomic E-state index is 0.145. The number of nitrogens with zero attached hydrogens (tertiary/aromatic N) is 4. The molecule has 70 heavy (non-hydrogen) atoms. The van der Waals surface area contributed by atoms with Crippen molar-refractivity contribution in [1.29, 1.82) is 0 Å². The molecule has 0 atom stereocenters. The summed E-state index contributed by atoms with van der Waals surface area (Å²) >= 11 is 0. The van der Waals surface area contributed by atoms with Crippen LogP contribution in [0.3, 0.4) is 0 Å². The number of aromatic nitrogens is 4. The number of rotatable bonds is 4. The van der Waals surface area contributed by atoms with Gasteiger partial charge in [-0.3, -0.25) is 0 Å². The van der Waals surface area contributed by atoms with Crippen LogP contribution in [-0.2, 0) is 10.8 Å². The van der Waals surface area contributed by atoms with Crippen LogP contribution < -0.4 is 0 Å². The molecule has 15 rings (SSSR count). The topological polar surface area (TPSA) is 35.6 Å². The first-order valence-corrected chi connectivity index (χ1v) is 24.5. The van der Waals surface area contributed by atoms with Crippen LogP contribution in [0.5, 0.6) is 0 Å². The fraction of sp³-hybridized carbons (Fsp3) is 0.0909. The maximum atomic E-state index is 5.64. The van der Waals surface area contributed by atoms with Crippen LogP contribution in [0.1, 0.15) is 49.9 Å². The van der Waals surface area contributed by atoms with Crippen molar-refractivity contribution in [2.75, 3.05) is 0 Å². The Bertz CT molecular complexity index is 4410. The predicted octanol–water partition coefficient (Wildman–Crippen LogP) is 16.9. The molecular weight excluding hydrogens is 849 g/mol. The Morgan fingerprint density at radius 2 is 0.943 bits per heavy atom. The van der Waals surface area contributed by atoms with E-state index in [1.165, 1.54) is 87.9 Å². The van der Waals surface area contributed by atoms with Gasteiger partial charge in [0, 0.05) is 60.3 Å². The van der Waals surface area contributed by atoms with E-state index in [-0.39, 0.29) is 10.8 Å². The molecule has 0 saturated heterocycles. The Morgan fingerprint density at radius 1 is 0.343 bits per heavy atom. The van der Waals surface area contributed by atoms with Gasteiger partial charge in [-0.05, 0) is 122 Å². The second-order valence-electron chi connectivity index (χ2n) is 20.6. The van der Waals surface area contributed by atoms with E-state index in [0.29, 0.717) is 0 Å². The SMILES string of the molecule is CC1(C)c2ccccc2-c2ccc(-c3nc(-c4ccc5c(c4)C(C)(C)c4ccccc4-5)c4cc(-n5c6ccccc6c6cc7c8c9ccccc9ccc8n(-c8ccccc8)c7cc65)ccc4n3)cc21. The summed E-state index contributed by atoms with van der Waals surface area (Å²) in [6.07, 6.45) is 0. The Kier molecular flexibility index (Phi) is 7.88. The summed E-state index contributed by atoms with van der Waals surface area (Å²) in [4.78, 5) is 11.1. The Labute approximate surface area is 405 Å². The molecule has 4 nitrogen and oxygen atoms in total. The van der Waals surface area contributed by atoms with Crippen molar-refractivity contribution < 1.29 is 0 Å². The van der Waals surface area contributed by atoms with Crippen molar-refractivity contribution in [2.24, 2.45) is 0 Å². The van der Waals surface area contributed by atoms with E-state index in [0.717, 1.165) is 56.0 Å². The van der Waals surface area contributed by atoms with Gasteiger partial charge in [-0.15, -0.1) is 0 Å². The average Bonchev–Trinajstić information content (AvgIpc) is 4.06. The van der Waals surface area contributed by atoms with Crippen LogP contribution in [-0.4, -0.2) is 19.1 Å². The minimum atomic E-state index is -0.165. The van der Waals surface area contributed by atoms with Crippen molar-refractivity contribution in [3.63, 3.8) is 0 Å². The van der Waals surface area contributed by atoms with Crippen molar-refractivity contribution in [3.8, 4) is 56.3 Å². The third kappa shape index (κ3) is 5.31. The normalized spacial score (nSPS) is 14.2. The van der Waals surface area contributed by atoms with Crippen molar-refractivity contribution in [1.82, 2.24) is 19.1 Å². The first-order chi connectivity index (χ1) is 34.2. The van der Waals surface area contributed by atoms with Crippen LogP contribution in [0, 0.1) is 0 Å². The number of hydrogen-bond donors (Lipinski definition) is 0. The van der Waals surface area contributed by atoms with E-state index in [2.05, 4.69) is 243 Å². The Balaban J connectivity index is 0.988. The monoisotopic (exact) mass is 894 g/mol. The molecule has 2 aliphatic carbocycles. The van der Waals surface area contributed by atoms with Gasteiger partial charge < -0.3 is 9.13 Å².